The molecule has 0 aliphatic heterocycles. The molecule has 0 saturated heterocycles. The SMILES string of the molecule is COc1cccc(OCc2ccc(C#CCO)cc2F)c1. The van der Waals surface area contributed by atoms with E-state index in [9.17, 15) is 4.39 Å². The van der Waals surface area contributed by atoms with Crippen molar-refractivity contribution in [1.82, 2.24) is 0 Å². The minimum absolute atomic E-state index is 0.118. The highest BCUT2D eigenvalue weighted by Crippen LogP contribution is 2.20. The van der Waals surface area contributed by atoms with E-state index in [4.69, 9.17) is 14.6 Å². The number of halogens is 1. The van der Waals surface area contributed by atoms with Crippen molar-refractivity contribution in [3.8, 4) is 23.3 Å². The monoisotopic (exact) mass is 286 g/mol. The molecule has 0 atom stereocenters. The van der Waals surface area contributed by atoms with Gasteiger partial charge in [0, 0.05) is 17.2 Å². The van der Waals surface area contributed by atoms with E-state index in [-0.39, 0.29) is 19.0 Å². The number of ether oxygens (including phenoxy) is 2. The molecule has 2 rings (SSSR count). The molecular formula is C17H15FO3. The summed E-state index contributed by atoms with van der Waals surface area (Å²) >= 11 is 0. The molecule has 0 heterocycles. The lowest BCUT2D eigenvalue weighted by atomic mass is 10.1. The van der Waals surface area contributed by atoms with Gasteiger partial charge in [-0.15, -0.1) is 0 Å². The lowest BCUT2D eigenvalue weighted by Gasteiger charge is -2.08. The highest BCUT2D eigenvalue weighted by atomic mass is 19.1. The third kappa shape index (κ3) is 4.23. The zero-order chi connectivity index (χ0) is 15.1. The predicted molar refractivity (Wildman–Crippen MR) is 77.7 cm³/mol. The second-order valence-electron chi connectivity index (χ2n) is 4.23. The van der Waals surface area contributed by atoms with Crippen LogP contribution in [0.4, 0.5) is 4.39 Å². The van der Waals surface area contributed by atoms with Crippen molar-refractivity contribution in [2.75, 3.05) is 13.7 Å². The molecule has 3 nitrogen and oxygen atoms in total. The second kappa shape index (κ2) is 7.32. The van der Waals surface area contributed by atoms with Crippen LogP contribution in [0.15, 0.2) is 42.5 Å². The lowest BCUT2D eigenvalue weighted by Crippen LogP contribution is -1.99. The molecule has 0 bridgehead atoms. The van der Waals surface area contributed by atoms with Gasteiger partial charge in [0.2, 0.25) is 0 Å². The van der Waals surface area contributed by atoms with Crippen LogP contribution >= 0.6 is 0 Å². The van der Waals surface area contributed by atoms with Crippen LogP contribution < -0.4 is 9.47 Å². The number of benzene rings is 2. The number of hydrogen-bond donors (Lipinski definition) is 1. The van der Waals surface area contributed by atoms with E-state index in [0.29, 0.717) is 22.6 Å². The second-order valence-corrected chi connectivity index (χ2v) is 4.23. The predicted octanol–water partition coefficient (Wildman–Crippen LogP) is 2.76. The molecule has 0 saturated carbocycles. The van der Waals surface area contributed by atoms with Crippen molar-refractivity contribution in [3.63, 3.8) is 0 Å². The Morgan fingerprint density at radius 3 is 2.67 bits per heavy atom. The first-order valence-corrected chi connectivity index (χ1v) is 6.38. The van der Waals surface area contributed by atoms with E-state index >= 15 is 0 Å². The first-order chi connectivity index (χ1) is 10.2. The summed E-state index contributed by atoms with van der Waals surface area (Å²) < 4.78 is 24.5. The minimum atomic E-state index is -0.386. The summed E-state index contributed by atoms with van der Waals surface area (Å²) in [5.41, 5.74) is 0.957. The van der Waals surface area contributed by atoms with Gasteiger partial charge in [-0.2, -0.15) is 0 Å². The van der Waals surface area contributed by atoms with Crippen LogP contribution in [-0.2, 0) is 6.61 Å². The summed E-state index contributed by atoms with van der Waals surface area (Å²) in [6.07, 6.45) is 0. The summed E-state index contributed by atoms with van der Waals surface area (Å²) in [6, 6.07) is 11.8. The number of rotatable bonds is 4. The molecule has 0 amide bonds. The maximum Gasteiger partial charge on any atom is 0.131 e. The smallest absolute Gasteiger partial charge is 0.131 e. The molecule has 2 aromatic carbocycles. The van der Waals surface area contributed by atoms with E-state index in [1.807, 2.05) is 6.07 Å². The van der Waals surface area contributed by atoms with Crippen LogP contribution in [-0.4, -0.2) is 18.8 Å². The Labute approximate surface area is 122 Å². The van der Waals surface area contributed by atoms with Crippen molar-refractivity contribution in [1.29, 1.82) is 0 Å². The Balaban J connectivity index is 2.06. The summed E-state index contributed by atoms with van der Waals surface area (Å²) in [5, 5.41) is 8.61. The molecule has 0 aliphatic carbocycles. The van der Waals surface area contributed by atoms with E-state index in [1.165, 1.54) is 6.07 Å². The topological polar surface area (TPSA) is 38.7 Å². The molecule has 0 spiro atoms. The van der Waals surface area contributed by atoms with E-state index in [1.54, 1.807) is 37.4 Å². The van der Waals surface area contributed by atoms with Crippen LogP contribution in [0.5, 0.6) is 11.5 Å². The summed E-state index contributed by atoms with van der Waals surface area (Å²) in [5.74, 6) is 6.04. The number of methoxy groups -OCH3 is 1. The van der Waals surface area contributed by atoms with Crippen LogP contribution in [0.2, 0.25) is 0 Å². The normalized spacial score (nSPS) is 9.67. The highest BCUT2D eigenvalue weighted by molar-refractivity contribution is 5.37. The minimum Gasteiger partial charge on any atom is -0.497 e. The van der Waals surface area contributed by atoms with Crippen LogP contribution in [0, 0.1) is 17.7 Å². The van der Waals surface area contributed by atoms with Crippen LogP contribution in [0.1, 0.15) is 11.1 Å². The molecule has 2 aromatic rings. The number of aliphatic hydroxyl groups excluding tert-OH is 1. The van der Waals surface area contributed by atoms with Gasteiger partial charge in [-0.25, -0.2) is 4.39 Å². The largest absolute Gasteiger partial charge is 0.497 e. The fourth-order valence-corrected chi connectivity index (χ4v) is 1.74. The first-order valence-electron chi connectivity index (χ1n) is 6.38. The lowest BCUT2D eigenvalue weighted by molar-refractivity contribution is 0.297. The molecule has 21 heavy (non-hydrogen) atoms. The Bertz CT molecular complexity index is 671. The van der Waals surface area contributed by atoms with E-state index in [2.05, 4.69) is 11.8 Å². The summed E-state index contributed by atoms with van der Waals surface area (Å²) in [7, 11) is 1.57. The third-order valence-corrected chi connectivity index (χ3v) is 2.80. The average molecular weight is 286 g/mol. The van der Waals surface area contributed by atoms with Gasteiger partial charge in [0.25, 0.3) is 0 Å². The molecule has 1 N–H and O–H groups in total. The average Bonchev–Trinajstić information content (AvgIpc) is 2.52. The highest BCUT2D eigenvalue weighted by Gasteiger charge is 2.04. The first kappa shape index (κ1) is 14.9. The van der Waals surface area contributed by atoms with Gasteiger partial charge in [-0.3, -0.25) is 0 Å². The quantitative estimate of drug-likeness (QED) is 0.878. The zero-order valence-corrected chi connectivity index (χ0v) is 11.6. The zero-order valence-electron chi connectivity index (χ0n) is 11.6. The molecule has 0 fully saturated rings. The fourth-order valence-electron chi connectivity index (χ4n) is 1.74. The van der Waals surface area contributed by atoms with Gasteiger partial charge in [0.15, 0.2) is 0 Å². The summed E-state index contributed by atoms with van der Waals surface area (Å²) in [6.45, 7) is -0.130. The van der Waals surface area contributed by atoms with Gasteiger partial charge < -0.3 is 14.6 Å². The van der Waals surface area contributed by atoms with Crippen molar-refractivity contribution < 1.29 is 19.0 Å². The Hall–Kier alpha value is -2.51. The number of hydrogen-bond acceptors (Lipinski definition) is 3. The molecule has 0 aliphatic rings. The van der Waals surface area contributed by atoms with Crippen LogP contribution in [0.3, 0.4) is 0 Å². The third-order valence-electron chi connectivity index (χ3n) is 2.80. The molecule has 0 aromatic heterocycles. The molecular weight excluding hydrogens is 271 g/mol. The molecule has 108 valence electrons. The summed E-state index contributed by atoms with van der Waals surface area (Å²) in [4.78, 5) is 0. The maximum absolute atomic E-state index is 13.9. The van der Waals surface area contributed by atoms with Gasteiger partial charge in [0.05, 0.1) is 7.11 Å². The Morgan fingerprint density at radius 1 is 1.14 bits per heavy atom. The van der Waals surface area contributed by atoms with Crippen molar-refractivity contribution in [2.24, 2.45) is 0 Å². The molecule has 0 unspecified atom stereocenters. The van der Waals surface area contributed by atoms with Gasteiger partial charge in [-0.1, -0.05) is 24.0 Å². The molecule has 4 heteroatoms. The van der Waals surface area contributed by atoms with E-state index < -0.39 is 0 Å². The van der Waals surface area contributed by atoms with Gasteiger partial charge in [0.1, 0.15) is 30.5 Å². The Kier molecular flexibility index (Phi) is 5.19. The van der Waals surface area contributed by atoms with Crippen molar-refractivity contribution in [3.05, 3.63) is 59.4 Å². The van der Waals surface area contributed by atoms with Gasteiger partial charge in [-0.05, 0) is 24.3 Å². The van der Waals surface area contributed by atoms with Crippen molar-refractivity contribution >= 4 is 0 Å². The van der Waals surface area contributed by atoms with Gasteiger partial charge >= 0.3 is 0 Å². The van der Waals surface area contributed by atoms with E-state index in [0.717, 1.165) is 0 Å². The number of aliphatic hydroxyl groups is 1. The van der Waals surface area contributed by atoms with Crippen molar-refractivity contribution in [2.45, 2.75) is 6.61 Å². The molecule has 0 radical (unpaired) electrons. The van der Waals surface area contributed by atoms with Crippen LogP contribution in [0.25, 0.3) is 0 Å². The maximum atomic E-state index is 13.9. The standard InChI is InChI=1S/C17H15FO3/c1-20-15-5-2-6-16(11-15)21-12-14-8-7-13(4-3-9-19)10-17(14)18/h2,5-8,10-11,19H,9,12H2,1H3. The Morgan fingerprint density at radius 2 is 1.95 bits per heavy atom. The fraction of sp³-hybridized carbons (Fsp3) is 0.176.